The summed E-state index contributed by atoms with van der Waals surface area (Å²) in [5.41, 5.74) is 0.838. The number of rotatable bonds is 4. The smallest absolute Gasteiger partial charge is 0.239 e. The predicted octanol–water partition coefficient (Wildman–Crippen LogP) is 1.62. The lowest BCUT2D eigenvalue weighted by Gasteiger charge is -2.08. The van der Waals surface area contributed by atoms with Crippen molar-refractivity contribution in [2.24, 2.45) is 0 Å². The van der Waals surface area contributed by atoms with Gasteiger partial charge in [-0.2, -0.15) is 0 Å². The Morgan fingerprint density at radius 1 is 1.47 bits per heavy atom. The molecule has 1 rings (SSSR count). The number of anilines is 1. The van der Waals surface area contributed by atoms with Crippen LogP contribution in [-0.2, 0) is 4.79 Å². The number of hydrogen-bond acceptors (Lipinski definition) is 3. The standard InChI is InChI=1S/C10H13BrN2O2/c1-12-10(14)6-13-8-3-7(11)4-9(5-8)15-2/h3-5,13H,6H2,1-2H3,(H,12,14). The molecule has 4 nitrogen and oxygen atoms in total. The number of ether oxygens (including phenoxy) is 1. The summed E-state index contributed by atoms with van der Waals surface area (Å²) >= 11 is 3.36. The number of methoxy groups -OCH3 is 1. The van der Waals surface area contributed by atoms with Crippen molar-refractivity contribution in [3.63, 3.8) is 0 Å². The zero-order valence-corrected chi connectivity index (χ0v) is 10.2. The van der Waals surface area contributed by atoms with E-state index in [0.29, 0.717) is 0 Å². The first-order valence-corrected chi connectivity index (χ1v) is 5.24. The third kappa shape index (κ3) is 3.79. The Kier molecular flexibility index (Phi) is 4.42. The summed E-state index contributed by atoms with van der Waals surface area (Å²) in [5, 5.41) is 5.52. The number of likely N-dealkylation sites (N-methyl/N-ethyl adjacent to an activating group) is 1. The molecule has 0 spiro atoms. The molecule has 0 aliphatic rings. The number of halogens is 1. The molecule has 0 saturated carbocycles. The Morgan fingerprint density at radius 2 is 2.20 bits per heavy atom. The van der Waals surface area contributed by atoms with Crippen molar-refractivity contribution in [2.45, 2.75) is 0 Å². The van der Waals surface area contributed by atoms with Crippen LogP contribution in [-0.4, -0.2) is 26.6 Å². The molecule has 0 atom stereocenters. The van der Waals surface area contributed by atoms with Crippen LogP contribution >= 0.6 is 15.9 Å². The molecule has 5 heteroatoms. The van der Waals surface area contributed by atoms with Gasteiger partial charge in [0.05, 0.1) is 13.7 Å². The highest BCUT2D eigenvalue weighted by molar-refractivity contribution is 9.10. The largest absolute Gasteiger partial charge is 0.497 e. The van der Waals surface area contributed by atoms with Gasteiger partial charge in [0.25, 0.3) is 0 Å². The van der Waals surface area contributed by atoms with Crippen molar-refractivity contribution < 1.29 is 9.53 Å². The van der Waals surface area contributed by atoms with Crippen molar-refractivity contribution in [1.82, 2.24) is 5.32 Å². The maximum atomic E-state index is 11.0. The SMILES string of the molecule is CNC(=O)CNc1cc(Br)cc(OC)c1. The van der Waals surface area contributed by atoms with Crippen LogP contribution in [0.25, 0.3) is 0 Å². The van der Waals surface area contributed by atoms with Crippen molar-refractivity contribution >= 4 is 27.5 Å². The second-order valence-electron chi connectivity index (χ2n) is 2.91. The van der Waals surface area contributed by atoms with Gasteiger partial charge in [0.15, 0.2) is 0 Å². The summed E-state index contributed by atoms with van der Waals surface area (Å²) in [6, 6.07) is 5.56. The van der Waals surface area contributed by atoms with Gasteiger partial charge in [0, 0.05) is 23.3 Å². The normalized spacial score (nSPS) is 9.53. The Hall–Kier alpha value is -1.23. The minimum Gasteiger partial charge on any atom is -0.497 e. The van der Waals surface area contributed by atoms with Crippen LogP contribution < -0.4 is 15.4 Å². The number of amides is 1. The number of benzene rings is 1. The lowest BCUT2D eigenvalue weighted by molar-refractivity contribution is -0.118. The fraction of sp³-hybridized carbons (Fsp3) is 0.300. The quantitative estimate of drug-likeness (QED) is 0.876. The van der Waals surface area contributed by atoms with E-state index in [1.54, 1.807) is 14.2 Å². The van der Waals surface area contributed by atoms with Crippen molar-refractivity contribution in [1.29, 1.82) is 0 Å². The highest BCUT2D eigenvalue weighted by Gasteiger charge is 2.01. The zero-order chi connectivity index (χ0) is 11.3. The van der Waals surface area contributed by atoms with Gasteiger partial charge in [0.1, 0.15) is 5.75 Å². The summed E-state index contributed by atoms with van der Waals surface area (Å²) in [7, 11) is 3.20. The van der Waals surface area contributed by atoms with Gasteiger partial charge in [0.2, 0.25) is 5.91 Å². The molecule has 0 heterocycles. The minimum atomic E-state index is -0.0612. The van der Waals surface area contributed by atoms with E-state index in [4.69, 9.17) is 4.74 Å². The lowest BCUT2D eigenvalue weighted by atomic mass is 10.3. The molecule has 0 saturated heterocycles. The molecule has 15 heavy (non-hydrogen) atoms. The van der Waals surface area contributed by atoms with E-state index in [0.717, 1.165) is 15.9 Å². The molecule has 0 aliphatic carbocycles. The van der Waals surface area contributed by atoms with Gasteiger partial charge in [-0.25, -0.2) is 0 Å². The summed E-state index contributed by atoms with van der Waals surface area (Å²) in [4.78, 5) is 11.0. The lowest BCUT2D eigenvalue weighted by Crippen LogP contribution is -2.26. The van der Waals surface area contributed by atoms with Crippen LogP contribution in [0.2, 0.25) is 0 Å². The fourth-order valence-corrected chi connectivity index (χ4v) is 1.53. The van der Waals surface area contributed by atoms with E-state index < -0.39 is 0 Å². The molecular formula is C10H13BrN2O2. The van der Waals surface area contributed by atoms with E-state index >= 15 is 0 Å². The fourth-order valence-electron chi connectivity index (χ4n) is 1.05. The van der Waals surface area contributed by atoms with Crippen molar-refractivity contribution in [2.75, 3.05) is 26.0 Å². The Labute approximate surface area is 97.1 Å². The molecule has 0 unspecified atom stereocenters. The van der Waals surface area contributed by atoms with Gasteiger partial charge in [-0.15, -0.1) is 0 Å². The molecule has 0 aromatic heterocycles. The Balaban J connectivity index is 2.68. The maximum Gasteiger partial charge on any atom is 0.239 e. The van der Waals surface area contributed by atoms with E-state index in [1.807, 2.05) is 18.2 Å². The number of carbonyl (C=O) groups is 1. The monoisotopic (exact) mass is 272 g/mol. The molecule has 0 radical (unpaired) electrons. The first kappa shape index (κ1) is 11.8. The predicted molar refractivity (Wildman–Crippen MR) is 63.3 cm³/mol. The second-order valence-corrected chi connectivity index (χ2v) is 3.82. The molecule has 0 fully saturated rings. The Morgan fingerprint density at radius 3 is 2.80 bits per heavy atom. The van der Waals surface area contributed by atoms with Gasteiger partial charge >= 0.3 is 0 Å². The van der Waals surface area contributed by atoms with Crippen LogP contribution in [0.5, 0.6) is 5.75 Å². The average Bonchev–Trinajstić information content (AvgIpc) is 2.25. The number of carbonyl (C=O) groups excluding carboxylic acids is 1. The highest BCUT2D eigenvalue weighted by Crippen LogP contribution is 2.24. The molecule has 1 aromatic carbocycles. The molecule has 1 aromatic rings. The molecule has 82 valence electrons. The summed E-state index contributed by atoms with van der Waals surface area (Å²) in [5.74, 6) is 0.678. The molecule has 0 aliphatic heterocycles. The first-order valence-electron chi connectivity index (χ1n) is 4.44. The second kappa shape index (κ2) is 5.60. The van der Waals surface area contributed by atoms with Crippen molar-refractivity contribution in [3.05, 3.63) is 22.7 Å². The third-order valence-electron chi connectivity index (χ3n) is 1.84. The first-order chi connectivity index (χ1) is 7.15. The number of nitrogens with one attached hydrogen (secondary N) is 2. The highest BCUT2D eigenvalue weighted by atomic mass is 79.9. The van der Waals surface area contributed by atoms with Crippen molar-refractivity contribution in [3.8, 4) is 5.75 Å². The third-order valence-corrected chi connectivity index (χ3v) is 2.30. The number of hydrogen-bond donors (Lipinski definition) is 2. The molecule has 2 N–H and O–H groups in total. The van der Waals surface area contributed by atoms with E-state index in [9.17, 15) is 4.79 Å². The Bertz CT molecular complexity index is 355. The van der Waals surface area contributed by atoms with Crippen LogP contribution in [0.1, 0.15) is 0 Å². The van der Waals surface area contributed by atoms with Crippen LogP contribution in [0.15, 0.2) is 22.7 Å². The molecule has 1 amide bonds. The summed E-state index contributed by atoms with van der Waals surface area (Å²) in [6.07, 6.45) is 0. The van der Waals surface area contributed by atoms with Gasteiger partial charge in [-0.3, -0.25) is 4.79 Å². The van der Waals surface area contributed by atoms with Crippen LogP contribution in [0, 0.1) is 0 Å². The van der Waals surface area contributed by atoms with Gasteiger partial charge in [-0.1, -0.05) is 15.9 Å². The van der Waals surface area contributed by atoms with E-state index in [-0.39, 0.29) is 12.5 Å². The van der Waals surface area contributed by atoms with Gasteiger partial charge < -0.3 is 15.4 Å². The zero-order valence-electron chi connectivity index (χ0n) is 8.63. The van der Waals surface area contributed by atoms with E-state index in [1.165, 1.54) is 0 Å². The minimum absolute atomic E-state index is 0.0612. The van der Waals surface area contributed by atoms with Crippen LogP contribution in [0.4, 0.5) is 5.69 Å². The average molecular weight is 273 g/mol. The van der Waals surface area contributed by atoms with E-state index in [2.05, 4.69) is 26.6 Å². The topological polar surface area (TPSA) is 50.4 Å². The van der Waals surface area contributed by atoms with Gasteiger partial charge in [-0.05, 0) is 12.1 Å². The molecule has 0 bridgehead atoms. The summed E-state index contributed by atoms with van der Waals surface area (Å²) in [6.45, 7) is 0.246. The summed E-state index contributed by atoms with van der Waals surface area (Å²) < 4.78 is 6.00. The molecular weight excluding hydrogens is 260 g/mol. The van der Waals surface area contributed by atoms with Crippen LogP contribution in [0.3, 0.4) is 0 Å². The maximum absolute atomic E-state index is 11.0.